The summed E-state index contributed by atoms with van der Waals surface area (Å²) in [6.07, 6.45) is 7.89. The van der Waals surface area contributed by atoms with Gasteiger partial charge in [0.1, 0.15) is 6.61 Å². The predicted molar refractivity (Wildman–Crippen MR) is 117 cm³/mol. The fourth-order valence-electron chi connectivity index (χ4n) is 3.61. The van der Waals surface area contributed by atoms with Gasteiger partial charge >= 0.3 is 5.97 Å². The van der Waals surface area contributed by atoms with Crippen molar-refractivity contribution in [2.75, 3.05) is 13.2 Å². The van der Waals surface area contributed by atoms with E-state index < -0.39 is 11.5 Å². The van der Waals surface area contributed by atoms with E-state index in [2.05, 4.69) is 23.8 Å². The molecule has 0 aromatic rings. The number of hydrogen-bond donors (Lipinski definition) is 3. The molecule has 2 atom stereocenters. The molecule has 1 rings (SSSR count). The summed E-state index contributed by atoms with van der Waals surface area (Å²) in [6.45, 7) is 11.1. The van der Waals surface area contributed by atoms with Crippen molar-refractivity contribution in [2.24, 2.45) is 11.8 Å². The van der Waals surface area contributed by atoms with Gasteiger partial charge in [0.2, 0.25) is 11.8 Å². The molecule has 0 heterocycles. The van der Waals surface area contributed by atoms with Gasteiger partial charge in [0.25, 0.3) is 0 Å². The van der Waals surface area contributed by atoms with Gasteiger partial charge in [0.05, 0.1) is 24.1 Å². The maximum absolute atomic E-state index is 12.8. The van der Waals surface area contributed by atoms with Gasteiger partial charge in [-0.2, -0.15) is 0 Å². The molecule has 170 valence electrons. The van der Waals surface area contributed by atoms with Gasteiger partial charge in [-0.25, -0.2) is 0 Å². The molecule has 0 spiro atoms. The number of esters is 1. The molecule has 3 N–H and O–H groups in total. The fraction of sp³-hybridized carbons (Fsp3) is 0.696. The van der Waals surface area contributed by atoms with Crippen LogP contribution >= 0.6 is 0 Å². The van der Waals surface area contributed by atoms with Gasteiger partial charge in [0, 0.05) is 12.8 Å². The summed E-state index contributed by atoms with van der Waals surface area (Å²) >= 11 is 0. The standard InChI is InChI=1S/C23H38N2O5/c1-5-7-11-21(28)30-15-19(17(3)4)24-22(29)18(10-6-2)14-20(27)25-23(16-26)12-8-9-13-23/h5-6,17-19,26H,1-2,7-16H2,3-4H3,(H,24,29)(H,25,27)/t18-,19-/m1/s1. The lowest BCUT2D eigenvalue weighted by Crippen LogP contribution is -2.50. The Bertz CT molecular complexity index is 596. The molecule has 0 aromatic carbocycles. The second kappa shape index (κ2) is 13.2. The number of rotatable bonds is 14. The topological polar surface area (TPSA) is 105 Å². The summed E-state index contributed by atoms with van der Waals surface area (Å²) in [5, 5.41) is 15.6. The van der Waals surface area contributed by atoms with E-state index in [-0.39, 0.29) is 55.8 Å². The highest BCUT2D eigenvalue weighted by Crippen LogP contribution is 2.29. The minimum Gasteiger partial charge on any atom is -0.463 e. The van der Waals surface area contributed by atoms with Crippen molar-refractivity contribution in [3.8, 4) is 0 Å². The predicted octanol–water partition coefficient (Wildman–Crippen LogP) is 2.64. The number of carbonyl (C=O) groups is 3. The molecular formula is C23H38N2O5. The molecule has 0 radical (unpaired) electrons. The normalized spacial score (nSPS) is 17.1. The maximum Gasteiger partial charge on any atom is 0.306 e. The zero-order valence-corrected chi connectivity index (χ0v) is 18.5. The van der Waals surface area contributed by atoms with E-state index in [0.29, 0.717) is 12.8 Å². The van der Waals surface area contributed by atoms with Gasteiger partial charge < -0.3 is 20.5 Å². The van der Waals surface area contributed by atoms with Gasteiger partial charge in [-0.15, -0.1) is 13.2 Å². The lowest BCUT2D eigenvalue weighted by molar-refractivity contribution is -0.145. The molecule has 7 heteroatoms. The van der Waals surface area contributed by atoms with Crippen LogP contribution < -0.4 is 10.6 Å². The Morgan fingerprint density at radius 2 is 1.83 bits per heavy atom. The minimum absolute atomic E-state index is 0.0174. The summed E-state index contributed by atoms with van der Waals surface area (Å²) in [5.41, 5.74) is -0.563. The van der Waals surface area contributed by atoms with Crippen molar-refractivity contribution in [2.45, 2.75) is 76.8 Å². The first-order valence-corrected chi connectivity index (χ1v) is 10.9. The minimum atomic E-state index is -0.572. The molecule has 1 fully saturated rings. The van der Waals surface area contributed by atoms with Crippen LogP contribution in [0.15, 0.2) is 25.3 Å². The largest absolute Gasteiger partial charge is 0.463 e. The molecule has 0 unspecified atom stereocenters. The van der Waals surface area contributed by atoms with E-state index in [9.17, 15) is 19.5 Å². The zero-order valence-electron chi connectivity index (χ0n) is 18.5. The maximum atomic E-state index is 12.8. The summed E-state index contributed by atoms with van der Waals surface area (Å²) in [7, 11) is 0. The zero-order chi connectivity index (χ0) is 22.6. The van der Waals surface area contributed by atoms with Crippen LogP contribution in [0.3, 0.4) is 0 Å². The number of aliphatic hydroxyl groups excluding tert-OH is 1. The van der Waals surface area contributed by atoms with Crippen molar-refractivity contribution in [3.63, 3.8) is 0 Å². The number of hydrogen-bond acceptors (Lipinski definition) is 5. The van der Waals surface area contributed by atoms with E-state index in [0.717, 1.165) is 25.7 Å². The monoisotopic (exact) mass is 422 g/mol. The van der Waals surface area contributed by atoms with Crippen LogP contribution in [0.25, 0.3) is 0 Å². The molecule has 7 nitrogen and oxygen atoms in total. The van der Waals surface area contributed by atoms with Crippen LogP contribution in [-0.4, -0.2) is 47.7 Å². The fourth-order valence-corrected chi connectivity index (χ4v) is 3.61. The molecule has 0 aromatic heterocycles. The molecule has 0 saturated heterocycles. The summed E-state index contributed by atoms with van der Waals surface area (Å²) in [6, 6.07) is -0.348. The summed E-state index contributed by atoms with van der Waals surface area (Å²) < 4.78 is 5.28. The molecule has 1 aliphatic rings. The van der Waals surface area contributed by atoms with E-state index in [1.54, 1.807) is 12.2 Å². The Kier molecular flexibility index (Phi) is 11.4. The smallest absolute Gasteiger partial charge is 0.306 e. The molecule has 0 bridgehead atoms. The van der Waals surface area contributed by atoms with Crippen molar-refractivity contribution >= 4 is 17.8 Å². The third-order valence-corrected chi connectivity index (χ3v) is 5.63. The van der Waals surface area contributed by atoms with Gasteiger partial charge in [0.15, 0.2) is 0 Å². The number of nitrogens with one attached hydrogen (secondary N) is 2. The molecular weight excluding hydrogens is 384 g/mol. The van der Waals surface area contributed by atoms with E-state index in [1.165, 1.54) is 0 Å². The van der Waals surface area contributed by atoms with Gasteiger partial charge in [-0.3, -0.25) is 14.4 Å². The number of aliphatic hydroxyl groups is 1. The lowest BCUT2D eigenvalue weighted by atomic mass is 9.95. The van der Waals surface area contributed by atoms with Crippen LogP contribution in [0, 0.1) is 11.8 Å². The second-order valence-corrected chi connectivity index (χ2v) is 8.49. The second-order valence-electron chi connectivity index (χ2n) is 8.49. The van der Waals surface area contributed by atoms with Gasteiger partial charge in [-0.1, -0.05) is 38.8 Å². The highest BCUT2D eigenvalue weighted by atomic mass is 16.5. The third-order valence-electron chi connectivity index (χ3n) is 5.63. The third kappa shape index (κ3) is 8.69. The van der Waals surface area contributed by atoms with Crippen molar-refractivity contribution in [1.82, 2.24) is 10.6 Å². The quantitative estimate of drug-likeness (QED) is 0.295. The first kappa shape index (κ1) is 25.9. The Labute approximate surface area is 180 Å². The van der Waals surface area contributed by atoms with Crippen LogP contribution in [0.1, 0.15) is 65.2 Å². The molecule has 2 amide bonds. The number of allylic oxidation sites excluding steroid dienone is 2. The molecule has 30 heavy (non-hydrogen) atoms. The first-order valence-electron chi connectivity index (χ1n) is 10.9. The number of ether oxygens (including phenoxy) is 1. The molecule has 0 aliphatic heterocycles. The van der Waals surface area contributed by atoms with Crippen molar-refractivity contribution < 1.29 is 24.2 Å². The van der Waals surface area contributed by atoms with Crippen LogP contribution in [-0.2, 0) is 19.1 Å². The summed E-state index contributed by atoms with van der Waals surface area (Å²) in [4.78, 5) is 37.2. The SMILES string of the molecule is C=CCCC(=O)OC[C@@H](NC(=O)[C@H](CC=C)CC(=O)NC1(CO)CCCC1)C(C)C. The molecule has 1 saturated carbocycles. The Morgan fingerprint density at radius 3 is 2.37 bits per heavy atom. The Balaban J connectivity index is 2.66. The lowest BCUT2D eigenvalue weighted by Gasteiger charge is -2.29. The Morgan fingerprint density at radius 1 is 1.17 bits per heavy atom. The van der Waals surface area contributed by atoms with E-state index in [1.807, 2.05) is 13.8 Å². The van der Waals surface area contributed by atoms with Crippen LogP contribution in [0.4, 0.5) is 0 Å². The highest BCUT2D eigenvalue weighted by molar-refractivity contribution is 5.86. The van der Waals surface area contributed by atoms with Crippen molar-refractivity contribution in [3.05, 3.63) is 25.3 Å². The average Bonchev–Trinajstić information content (AvgIpc) is 3.17. The van der Waals surface area contributed by atoms with Crippen LogP contribution in [0.2, 0.25) is 0 Å². The average molecular weight is 423 g/mol. The number of amides is 2. The summed E-state index contributed by atoms with van der Waals surface area (Å²) in [5.74, 6) is -1.36. The van der Waals surface area contributed by atoms with E-state index in [4.69, 9.17) is 4.74 Å². The number of carbonyl (C=O) groups excluding carboxylic acids is 3. The van der Waals surface area contributed by atoms with Crippen LogP contribution in [0.5, 0.6) is 0 Å². The highest BCUT2D eigenvalue weighted by Gasteiger charge is 2.35. The Hall–Kier alpha value is -2.15. The first-order chi connectivity index (χ1) is 14.3. The van der Waals surface area contributed by atoms with Crippen molar-refractivity contribution in [1.29, 1.82) is 0 Å². The molecule has 1 aliphatic carbocycles. The van der Waals surface area contributed by atoms with Gasteiger partial charge in [-0.05, 0) is 31.6 Å². The van der Waals surface area contributed by atoms with E-state index >= 15 is 0 Å².